The second-order valence-electron chi connectivity index (χ2n) is 9.17. The Morgan fingerprint density at radius 3 is 2.64 bits per heavy atom. The zero-order valence-electron chi connectivity index (χ0n) is 20.2. The maximum Gasteiger partial charge on any atom is 0.258 e. The number of aryl methyl sites for hydroxylation is 1. The molecule has 1 saturated carbocycles. The van der Waals surface area contributed by atoms with Gasteiger partial charge in [0.05, 0.1) is 18.0 Å². The molecule has 9 nitrogen and oxygen atoms in total. The molecule has 0 bridgehead atoms. The van der Waals surface area contributed by atoms with Gasteiger partial charge < -0.3 is 19.5 Å². The van der Waals surface area contributed by atoms with Crippen LogP contribution in [-0.2, 0) is 11.2 Å². The third kappa shape index (κ3) is 5.45. The van der Waals surface area contributed by atoms with Crippen LogP contribution in [0.25, 0.3) is 22.4 Å². The van der Waals surface area contributed by atoms with Gasteiger partial charge in [0.1, 0.15) is 11.6 Å². The molecular formula is C27H29N5O4. The average molecular weight is 488 g/mol. The van der Waals surface area contributed by atoms with E-state index in [4.69, 9.17) is 9.15 Å². The largest absolute Gasteiger partial charge is 0.497 e. The molecule has 0 spiro atoms. The first kappa shape index (κ1) is 23.7. The minimum atomic E-state index is -0.144. The Labute approximate surface area is 208 Å². The number of ether oxygens (including phenoxy) is 1. The Morgan fingerprint density at radius 1 is 1.08 bits per heavy atom. The molecule has 2 aromatic carbocycles. The number of para-hydroxylation sites is 1. The molecule has 2 N–H and O–H groups in total. The van der Waals surface area contributed by atoms with Gasteiger partial charge in [0.2, 0.25) is 17.7 Å². The normalized spacial score (nSPS) is 17.7. The topological polar surface area (TPSA) is 123 Å². The van der Waals surface area contributed by atoms with Gasteiger partial charge in [0.25, 0.3) is 5.56 Å². The van der Waals surface area contributed by atoms with Gasteiger partial charge in [0, 0.05) is 30.4 Å². The number of amides is 1. The van der Waals surface area contributed by atoms with Crippen LogP contribution in [-0.4, -0.2) is 39.2 Å². The van der Waals surface area contributed by atoms with Crippen LogP contribution in [0.5, 0.6) is 5.75 Å². The summed E-state index contributed by atoms with van der Waals surface area (Å²) in [6, 6.07) is 14.9. The number of H-pyrrole nitrogens is 1. The lowest BCUT2D eigenvalue weighted by molar-refractivity contribution is -0.122. The summed E-state index contributed by atoms with van der Waals surface area (Å²) < 4.78 is 11.1. The number of benzene rings is 2. The van der Waals surface area contributed by atoms with Gasteiger partial charge in [-0.2, -0.15) is 0 Å². The van der Waals surface area contributed by atoms with E-state index in [1.165, 1.54) is 0 Å². The van der Waals surface area contributed by atoms with E-state index in [-0.39, 0.29) is 23.4 Å². The van der Waals surface area contributed by atoms with Crippen LogP contribution in [0, 0.1) is 0 Å². The van der Waals surface area contributed by atoms with E-state index in [0.717, 1.165) is 37.0 Å². The van der Waals surface area contributed by atoms with E-state index in [1.807, 2.05) is 42.5 Å². The number of hydrogen-bond donors (Lipinski definition) is 2. The number of aromatic amines is 1. The summed E-state index contributed by atoms with van der Waals surface area (Å²) in [5, 5.41) is 12.2. The van der Waals surface area contributed by atoms with E-state index in [1.54, 1.807) is 13.2 Å². The van der Waals surface area contributed by atoms with Crippen LogP contribution in [0.3, 0.4) is 0 Å². The number of nitrogens with one attached hydrogen (secondary N) is 2. The zero-order valence-corrected chi connectivity index (χ0v) is 20.2. The Morgan fingerprint density at radius 2 is 1.86 bits per heavy atom. The lowest BCUT2D eigenvalue weighted by Gasteiger charge is -2.27. The minimum absolute atomic E-state index is 0.0289. The molecule has 1 aliphatic rings. The predicted octanol–water partition coefficient (Wildman–Crippen LogP) is 4.15. The van der Waals surface area contributed by atoms with E-state index in [2.05, 4.69) is 25.5 Å². The highest BCUT2D eigenvalue weighted by molar-refractivity contribution is 5.77. The van der Waals surface area contributed by atoms with Crippen LogP contribution in [0.4, 0.5) is 0 Å². The smallest absolute Gasteiger partial charge is 0.258 e. The minimum Gasteiger partial charge on any atom is -0.497 e. The van der Waals surface area contributed by atoms with E-state index in [0.29, 0.717) is 47.8 Å². The van der Waals surface area contributed by atoms with E-state index < -0.39 is 0 Å². The lowest BCUT2D eigenvalue weighted by Crippen LogP contribution is -2.37. The van der Waals surface area contributed by atoms with E-state index >= 15 is 0 Å². The molecule has 1 amide bonds. The monoisotopic (exact) mass is 487 g/mol. The standard InChI is InChI=1S/C27H29N5O4/c1-35-20-15-11-18(12-16-20)27-32-31-26(36-27)17-9-13-19(14-10-17)28-24(33)8-4-7-23-29-22-6-3-2-5-21(22)25(34)30-23/h2-3,5-6,11-12,15-17,19H,4,7-10,13-14H2,1H3,(H,28,33)(H,29,30,34). The second-order valence-corrected chi connectivity index (χ2v) is 9.17. The van der Waals surface area contributed by atoms with Gasteiger partial charge in [0.15, 0.2) is 0 Å². The third-order valence-corrected chi connectivity index (χ3v) is 6.70. The van der Waals surface area contributed by atoms with Crippen molar-refractivity contribution in [2.24, 2.45) is 0 Å². The lowest BCUT2D eigenvalue weighted by atomic mass is 9.86. The van der Waals surface area contributed by atoms with Crippen LogP contribution in [0.2, 0.25) is 0 Å². The Balaban J connectivity index is 1.07. The first-order valence-electron chi connectivity index (χ1n) is 12.3. The summed E-state index contributed by atoms with van der Waals surface area (Å²) in [6.07, 6.45) is 5.08. The number of methoxy groups -OCH3 is 1. The molecule has 0 aliphatic heterocycles. The molecule has 2 heterocycles. The van der Waals surface area contributed by atoms with Crippen LogP contribution >= 0.6 is 0 Å². The molecule has 0 saturated heterocycles. The fourth-order valence-electron chi connectivity index (χ4n) is 4.70. The average Bonchev–Trinajstić information content (AvgIpc) is 3.40. The Bertz CT molecular complexity index is 1390. The summed E-state index contributed by atoms with van der Waals surface area (Å²) >= 11 is 0. The van der Waals surface area contributed by atoms with Crippen molar-refractivity contribution in [2.75, 3.05) is 7.11 Å². The first-order valence-corrected chi connectivity index (χ1v) is 12.3. The molecule has 0 radical (unpaired) electrons. The fraction of sp³-hybridized carbons (Fsp3) is 0.370. The summed E-state index contributed by atoms with van der Waals surface area (Å²) in [5.41, 5.74) is 1.39. The molecule has 5 rings (SSSR count). The molecule has 0 atom stereocenters. The second kappa shape index (κ2) is 10.7. The van der Waals surface area contributed by atoms with Crippen molar-refractivity contribution in [3.05, 3.63) is 70.6 Å². The number of carbonyl (C=O) groups excluding carboxylic acids is 1. The Hall–Kier alpha value is -4.01. The molecule has 9 heteroatoms. The van der Waals surface area contributed by atoms with Crippen molar-refractivity contribution in [1.29, 1.82) is 0 Å². The molecule has 186 valence electrons. The van der Waals surface area contributed by atoms with Crippen LogP contribution < -0.4 is 15.6 Å². The highest BCUT2D eigenvalue weighted by atomic mass is 16.5. The quantitative estimate of drug-likeness (QED) is 0.383. The number of nitrogens with zero attached hydrogens (tertiary/aromatic N) is 3. The van der Waals surface area contributed by atoms with Gasteiger partial charge in [-0.25, -0.2) is 4.98 Å². The number of fused-ring (bicyclic) bond motifs is 1. The fourth-order valence-corrected chi connectivity index (χ4v) is 4.70. The summed E-state index contributed by atoms with van der Waals surface area (Å²) in [5.74, 6) is 2.78. The molecule has 36 heavy (non-hydrogen) atoms. The van der Waals surface area contributed by atoms with Crippen molar-refractivity contribution in [1.82, 2.24) is 25.5 Å². The molecular weight excluding hydrogens is 458 g/mol. The van der Waals surface area contributed by atoms with Crippen molar-refractivity contribution >= 4 is 16.8 Å². The maximum absolute atomic E-state index is 12.5. The maximum atomic E-state index is 12.5. The molecule has 1 fully saturated rings. The number of rotatable bonds is 8. The molecule has 2 aromatic heterocycles. The number of carbonyl (C=O) groups is 1. The molecule has 4 aromatic rings. The molecule has 0 unspecified atom stereocenters. The number of hydrogen-bond acceptors (Lipinski definition) is 7. The van der Waals surface area contributed by atoms with Crippen molar-refractivity contribution < 1.29 is 13.9 Å². The highest BCUT2D eigenvalue weighted by Gasteiger charge is 2.27. The molecule has 1 aliphatic carbocycles. The SMILES string of the molecule is COc1ccc(-c2nnc(C3CCC(NC(=O)CCCc4nc5ccccc5c(=O)[nH]4)CC3)o2)cc1. The van der Waals surface area contributed by atoms with Crippen molar-refractivity contribution in [3.8, 4) is 17.2 Å². The predicted molar refractivity (Wildman–Crippen MR) is 135 cm³/mol. The van der Waals surface area contributed by atoms with Crippen LogP contribution in [0.15, 0.2) is 57.7 Å². The van der Waals surface area contributed by atoms with Crippen molar-refractivity contribution in [3.63, 3.8) is 0 Å². The third-order valence-electron chi connectivity index (χ3n) is 6.70. The van der Waals surface area contributed by atoms with Gasteiger partial charge in [-0.1, -0.05) is 12.1 Å². The summed E-state index contributed by atoms with van der Waals surface area (Å²) in [4.78, 5) is 32.0. The zero-order chi connectivity index (χ0) is 24.9. The highest BCUT2D eigenvalue weighted by Crippen LogP contribution is 2.33. The summed E-state index contributed by atoms with van der Waals surface area (Å²) in [6.45, 7) is 0. The van der Waals surface area contributed by atoms with Gasteiger partial charge in [-0.3, -0.25) is 9.59 Å². The van der Waals surface area contributed by atoms with Gasteiger partial charge >= 0.3 is 0 Å². The summed E-state index contributed by atoms with van der Waals surface area (Å²) in [7, 11) is 1.63. The van der Waals surface area contributed by atoms with Gasteiger partial charge in [-0.15, -0.1) is 10.2 Å². The van der Waals surface area contributed by atoms with Crippen LogP contribution in [0.1, 0.15) is 56.2 Å². The number of aromatic nitrogens is 4. The van der Waals surface area contributed by atoms with E-state index in [9.17, 15) is 9.59 Å². The van der Waals surface area contributed by atoms with Gasteiger partial charge in [-0.05, 0) is 68.5 Å². The first-order chi connectivity index (χ1) is 17.6. The van der Waals surface area contributed by atoms with Crippen molar-refractivity contribution in [2.45, 2.75) is 56.9 Å². The Kier molecular flexibility index (Phi) is 7.06.